The van der Waals surface area contributed by atoms with Gasteiger partial charge in [-0.3, -0.25) is 4.79 Å². The lowest BCUT2D eigenvalue weighted by atomic mass is 10.1. The van der Waals surface area contributed by atoms with Crippen molar-refractivity contribution in [2.45, 2.75) is 6.92 Å². The first-order valence-corrected chi connectivity index (χ1v) is 6.63. The molecule has 2 N–H and O–H groups in total. The van der Waals surface area contributed by atoms with Crippen molar-refractivity contribution in [2.24, 2.45) is 0 Å². The molecule has 1 amide bonds. The smallest absolute Gasteiger partial charge is 0.337 e. The number of amides is 1. The largest absolute Gasteiger partial charge is 0.478 e. The number of carbonyl (C=O) groups is 2. The van der Waals surface area contributed by atoms with Gasteiger partial charge in [0.25, 0.3) is 0 Å². The summed E-state index contributed by atoms with van der Waals surface area (Å²) in [5, 5.41) is 11.7. The molecule has 0 saturated carbocycles. The number of pyridine rings is 1. The van der Waals surface area contributed by atoms with Crippen LogP contribution in [0.5, 0.6) is 0 Å². The average molecular weight is 295 g/mol. The van der Waals surface area contributed by atoms with Crippen molar-refractivity contribution in [1.82, 2.24) is 9.38 Å². The van der Waals surface area contributed by atoms with E-state index in [1.807, 2.05) is 18.2 Å². The third-order valence-electron chi connectivity index (χ3n) is 3.18. The number of nitrogens with zero attached hydrogens (tertiary/aromatic N) is 2. The summed E-state index contributed by atoms with van der Waals surface area (Å²) < 4.78 is 1.67. The number of fused-ring (bicyclic) bond motifs is 1. The molecule has 0 fully saturated rings. The SMILES string of the molecule is CC(=O)Nc1cccc(-c2cn3cc(C(=O)O)ccc3n2)c1. The van der Waals surface area contributed by atoms with E-state index in [-0.39, 0.29) is 11.5 Å². The number of carboxylic acids is 1. The highest BCUT2D eigenvalue weighted by atomic mass is 16.4. The summed E-state index contributed by atoms with van der Waals surface area (Å²) in [6, 6.07) is 10.5. The van der Waals surface area contributed by atoms with Crippen LogP contribution in [0.25, 0.3) is 16.9 Å². The minimum Gasteiger partial charge on any atom is -0.478 e. The molecule has 0 spiro atoms. The van der Waals surface area contributed by atoms with Crippen molar-refractivity contribution in [3.63, 3.8) is 0 Å². The Bertz CT molecular complexity index is 883. The number of aromatic nitrogens is 2. The molecule has 110 valence electrons. The quantitative estimate of drug-likeness (QED) is 0.778. The van der Waals surface area contributed by atoms with E-state index in [0.29, 0.717) is 17.0 Å². The molecule has 0 saturated heterocycles. The first kappa shape index (κ1) is 13.8. The van der Waals surface area contributed by atoms with Gasteiger partial charge in [0.05, 0.1) is 11.3 Å². The Balaban J connectivity index is 2.03. The lowest BCUT2D eigenvalue weighted by Gasteiger charge is -2.03. The molecule has 2 aromatic heterocycles. The molecule has 6 heteroatoms. The predicted octanol–water partition coefficient (Wildman–Crippen LogP) is 2.66. The van der Waals surface area contributed by atoms with Gasteiger partial charge in [-0.2, -0.15) is 0 Å². The molecule has 0 unspecified atom stereocenters. The average Bonchev–Trinajstić information content (AvgIpc) is 2.89. The van der Waals surface area contributed by atoms with E-state index < -0.39 is 5.97 Å². The van der Waals surface area contributed by atoms with Crippen LogP contribution >= 0.6 is 0 Å². The molecule has 0 aliphatic heterocycles. The van der Waals surface area contributed by atoms with Gasteiger partial charge >= 0.3 is 5.97 Å². The van der Waals surface area contributed by atoms with Gasteiger partial charge in [-0.25, -0.2) is 9.78 Å². The highest BCUT2D eigenvalue weighted by molar-refractivity contribution is 5.89. The fraction of sp³-hybridized carbons (Fsp3) is 0.0625. The molecule has 1 aromatic carbocycles. The summed E-state index contributed by atoms with van der Waals surface area (Å²) in [5.74, 6) is -1.12. The number of benzene rings is 1. The van der Waals surface area contributed by atoms with Crippen LogP contribution < -0.4 is 5.32 Å². The number of hydrogen-bond donors (Lipinski definition) is 2. The standard InChI is InChI=1S/C16H13N3O3/c1-10(20)17-13-4-2-3-11(7-13)14-9-19-8-12(16(21)22)5-6-15(19)18-14/h2-9H,1H3,(H,17,20)(H,21,22). The number of carboxylic acid groups (broad SMARTS) is 1. The Hall–Kier alpha value is -3.15. The summed E-state index contributed by atoms with van der Waals surface area (Å²) in [6.07, 6.45) is 3.28. The van der Waals surface area contributed by atoms with Crippen molar-refractivity contribution in [1.29, 1.82) is 0 Å². The second-order valence-corrected chi connectivity index (χ2v) is 4.88. The first-order chi connectivity index (χ1) is 10.5. The highest BCUT2D eigenvalue weighted by Gasteiger charge is 2.08. The predicted molar refractivity (Wildman–Crippen MR) is 81.9 cm³/mol. The minimum absolute atomic E-state index is 0.141. The Kier molecular flexibility index (Phi) is 3.34. The maximum absolute atomic E-state index is 11.1. The van der Waals surface area contributed by atoms with Crippen molar-refractivity contribution < 1.29 is 14.7 Å². The van der Waals surface area contributed by atoms with Crippen molar-refractivity contribution in [3.05, 3.63) is 54.4 Å². The van der Waals surface area contributed by atoms with Crippen LogP contribution in [0.1, 0.15) is 17.3 Å². The normalized spacial score (nSPS) is 10.6. The highest BCUT2D eigenvalue weighted by Crippen LogP contribution is 2.22. The summed E-state index contributed by atoms with van der Waals surface area (Å²) in [6.45, 7) is 1.45. The van der Waals surface area contributed by atoms with Crippen LogP contribution in [0, 0.1) is 0 Å². The van der Waals surface area contributed by atoms with Crippen LogP contribution in [0.2, 0.25) is 0 Å². The lowest BCUT2D eigenvalue weighted by molar-refractivity contribution is -0.114. The fourth-order valence-corrected chi connectivity index (χ4v) is 2.22. The van der Waals surface area contributed by atoms with Crippen LogP contribution in [-0.2, 0) is 4.79 Å². The number of carbonyl (C=O) groups excluding carboxylic acids is 1. The van der Waals surface area contributed by atoms with Gasteiger partial charge in [-0.05, 0) is 24.3 Å². The van der Waals surface area contributed by atoms with E-state index in [1.54, 1.807) is 22.7 Å². The van der Waals surface area contributed by atoms with Gasteiger partial charge < -0.3 is 14.8 Å². The number of imidazole rings is 1. The van der Waals surface area contributed by atoms with Crippen molar-refractivity contribution >= 4 is 23.2 Å². The van der Waals surface area contributed by atoms with Gasteiger partial charge in [0.15, 0.2) is 0 Å². The van der Waals surface area contributed by atoms with Crippen LogP contribution in [0.4, 0.5) is 5.69 Å². The zero-order valence-electron chi connectivity index (χ0n) is 11.8. The molecule has 0 aliphatic carbocycles. The van der Waals surface area contributed by atoms with E-state index in [4.69, 9.17) is 5.11 Å². The molecular formula is C16H13N3O3. The summed E-state index contributed by atoms with van der Waals surface area (Å²) >= 11 is 0. The molecule has 3 aromatic rings. The van der Waals surface area contributed by atoms with Gasteiger partial charge in [-0.1, -0.05) is 12.1 Å². The van der Waals surface area contributed by atoms with E-state index in [9.17, 15) is 9.59 Å². The molecule has 0 bridgehead atoms. The molecule has 6 nitrogen and oxygen atoms in total. The number of aromatic carboxylic acids is 1. The third-order valence-corrected chi connectivity index (χ3v) is 3.18. The molecule has 0 atom stereocenters. The molecule has 0 aliphatic rings. The zero-order valence-corrected chi connectivity index (χ0v) is 11.8. The zero-order chi connectivity index (χ0) is 15.7. The molecule has 3 rings (SSSR count). The van der Waals surface area contributed by atoms with E-state index >= 15 is 0 Å². The maximum Gasteiger partial charge on any atom is 0.337 e. The molecule has 0 radical (unpaired) electrons. The Morgan fingerprint density at radius 1 is 1.18 bits per heavy atom. The Morgan fingerprint density at radius 2 is 2.00 bits per heavy atom. The Morgan fingerprint density at radius 3 is 2.73 bits per heavy atom. The summed E-state index contributed by atoms with van der Waals surface area (Å²) in [5.41, 5.74) is 3.09. The van der Waals surface area contributed by atoms with Crippen molar-refractivity contribution in [3.8, 4) is 11.3 Å². The Labute approximate surface area is 126 Å². The van der Waals surface area contributed by atoms with Gasteiger partial charge in [-0.15, -0.1) is 0 Å². The first-order valence-electron chi connectivity index (χ1n) is 6.63. The van der Waals surface area contributed by atoms with Gasteiger partial charge in [0.2, 0.25) is 5.91 Å². The van der Waals surface area contributed by atoms with E-state index in [0.717, 1.165) is 5.56 Å². The third kappa shape index (κ3) is 2.67. The fourth-order valence-electron chi connectivity index (χ4n) is 2.22. The maximum atomic E-state index is 11.1. The molecule has 22 heavy (non-hydrogen) atoms. The van der Waals surface area contributed by atoms with Crippen molar-refractivity contribution in [2.75, 3.05) is 5.32 Å². The number of rotatable bonds is 3. The lowest BCUT2D eigenvalue weighted by Crippen LogP contribution is -2.05. The number of nitrogens with one attached hydrogen (secondary N) is 1. The second-order valence-electron chi connectivity index (χ2n) is 4.88. The van der Waals surface area contributed by atoms with Gasteiger partial charge in [0, 0.05) is 30.6 Å². The van der Waals surface area contributed by atoms with Crippen LogP contribution in [-0.4, -0.2) is 26.4 Å². The minimum atomic E-state index is -0.982. The topological polar surface area (TPSA) is 83.7 Å². The van der Waals surface area contributed by atoms with E-state index in [2.05, 4.69) is 10.3 Å². The van der Waals surface area contributed by atoms with Crippen LogP contribution in [0.3, 0.4) is 0 Å². The number of anilines is 1. The molecule has 2 heterocycles. The summed E-state index contributed by atoms with van der Waals surface area (Å²) in [7, 11) is 0. The van der Waals surface area contributed by atoms with E-state index in [1.165, 1.54) is 19.2 Å². The van der Waals surface area contributed by atoms with Crippen LogP contribution in [0.15, 0.2) is 48.8 Å². The number of hydrogen-bond acceptors (Lipinski definition) is 3. The summed E-state index contributed by atoms with van der Waals surface area (Å²) in [4.78, 5) is 26.6. The molecular weight excluding hydrogens is 282 g/mol. The monoisotopic (exact) mass is 295 g/mol. The second kappa shape index (κ2) is 5.33. The van der Waals surface area contributed by atoms with Gasteiger partial charge in [0.1, 0.15) is 5.65 Å².